The van der Waals surface area contributed by atoms with Gasteiger partial charge < -0.3 is 30.2 Å². The van der Waals surface area contributed by atoms with Gasteiger partial charge in [0, 0.05) is 70.4 Å². The van der Waals surface area contributed by atoms with Gasteiger partial charge in [-0.25, -0.2) is 14.8 Å². The van der Waals surface area contributed by atoms with Crippen molar-refractivity contribution in [2.75, 3.05) is 29.1 Å². The monoisotopic (exact) mass is 708 g/mol. The van der Waals surface area contributed by atoms with Gasteiger partial charge in [0.2, 0.25) is 5.91 Å². The number of benzene rings is 3. The molecule has 0 atom stereocenters. The molecular weight excluding hydrogens is 679 g/mol. The number of halogens is 2. The zero-order valence-electron chi connectivity index (χ0n) is 26.9. The number of carbonyl (C=O) groups excluding carboxylic acids is 3. The lowest BCUT2D eigenvalue weighted by Crippen LogP contribution is -2.40. The zero-order valence-corrected chi connectivity index (χ0v) is 28.4. The van der Waals surface area contributed by atoms with Gasteiger partial charge in [-0.05, 0) is 61.5 Å². The number of amides is 4. The van der Waals surface area contributed by atoms with Gasteiger partial charge >= 0.3 is 6.03 Å². The Bertz CT molecular complexity index is 2200. The molecule has 3 N–H and O–H groups in total. The first-order valence-corrected chi connectivity index (χ1v) is 16.0. The Hall–Kier alpha value is -5.98. The minimum Gasteiger partial charge on any atom is -0.487 e. The lowest BCUT2D eigenvalue weighted by Gasteiger charge is -2.21. The molecule has 0 bridgehead atoms. The number of aromatic nitrogens is 4. The van der Waals surface area contributed by atoms with Crippen LogP contribution >= 0.6 is 23.2 Å². The summed E-state index contributed by atoms with van der Waals surface area (Å²) < 4.78 is 8.14. The summed E-state index contributed by atoms with van der Waals surface area (Å²) in [5, 5.41) is 9.40. The second-order valence-electron chi connectivity index (χ2n) is 11.1. The number of nitrogens with one attached hydrogen (secondary N) is 3. The fourth-order valence-corrected chi connectivity index (χ4v) is 5.75. The highest BCUT2D eigenvalue weighted by molar-refractivity contribution is 6.38. The number of nitrogens with zero attached hydrogens (tertiary/aromatic N) is 5. The molecule has 0 aliphatic carbocycles. The number of carbonyl (C=O) groups is 3. The molecule has 0 radical (unpaired) electrons. The summed E-state index contributed by atoms with van der Waals surface area (Å²) in [6.45, 7) is 1.57. The molecule has 6 rings (SSSR count). The van der Waals surface area contributed by atoms with Gasteiger partial charge in [-0.15, -0.1) is 0 Å². The smallest absolute Gasteiger partial charge is 0.319 e. The summed E-state index contributed by atoms with van der Waals surface area (Å²) in [6, 6.07) is 20.0. The van der Waals surface area contributed by atoms with Crippen molar-refractivity contribution in [3.63, 3.8) is 0 Å². The van der Waals surface area contributed by atoms with Crippen LogP contribution in [-0.4, -0.2) is 51.0 Å². The van der Waals surface area contributed by atoms with E-state index in [0.717, 1.165) is 16.8 Å². The second kappa shape index (κ2) is 15.1. The van der Waals surface area contributed by atoms with Crippen LogP contribution in [0.4, 0.5) is 21.9 Å². The van der Waals surface area contributed by atoms with Crippen molar-refractivity contribution in [1.82, 2.24) is 24.8 Å². The predicted molar refractivity (Wildman–Crippen MR) is 193 cm³/mol. The zero-order chi connectivity index (χ0) is 35.2. The Morgan fingerprint density at radius 2 is 1.70 bits per heavy atom. The molecule has 0 saturated carbocycles. The number of fused-ring (bicyclic) bond motifs is 1. The molecule has 0 aliphatic rings. The van der Waals surface area contributed by atoms with E-state index >= 15 is 0 Å². The number of aryl methyl sites for hydroxylation is 1. The van der Waals surface area contributed by atoms with Crippen molar-refractivity contribution in [2.24, 2.45) is 0 Å². The molecule has 3 aromatic carbocycles. The number of para-hydroxylation sites is 1. The molecule has 6 aromatic rings. The quantitative estimate of drug-likeness (QED) is 0.138. The summed E-state index contributed by atoms with van der Waals surface area (Å²) in [7, 11) is 1.54. The molecule has 0 unspecified atom stereocenters. The molecular formula is C36H30Cl2N8O4. The summed E-state index contributed by atoms with van der Waals surface area (Å²) in [4.78, 5) is 52.6. The third-order valence-electron chi connectivity index (χ3n) is 7.69. The number of hydrogen-bond donors (Lipinski definition) is 3. The minimum absolute atomic E-state index is 0.00296. The molecule has 0 saturated heterocycles. The second-order valence-corrected chi connectivity index (χ2v) is 11.9. The van der Waals surface area contributed by atoms with Crippen LogP contribution in [0.2, 0.25) is 10.0 Å². The van der Waals surface area contributed by atoms with E-state index in [4.69, 9.17) is 32.9 Å². The SMILES string of the molecule is Cc1cc(-n2ccnc2)c2cccc(OCc3c(Cl)ccc(N(C)C(=O)CNC(=O)Nc4cccc(C(=O)Nc5ccncc5)c4)c3Cl)c2n1. The maximum atomic E-state index is 13.1. The Balaban J connectivity index is 1.09. The van der Waals surface area contributed by atoms with Crippen LogP contribution < -0.4 is 25.6 Å². The Morgan fingerprint density at radius 3 is 2.48 bits per heavy atom. The molecule has 0 fully saturated rings. The van der Waals surface area contributed by atoms with Crippen molar-refractivity contribution >= 4 is 69.0 Å². The van der Waals surface area contributed by atoms with E-state index in [0.29, 0.717) is 44.5 Å². The first kappa shape index (κ1) is 33.9. The lowest BCUT2D eigenvalue weighted by molar-refractivity contribution is -0.117. The maximum Gasteiger partial charge on any atom is 0.319 e. The number of rotatable bonds is 10. The summed E-state index contributed by atoms with van der Waals surface area (Å²) in [6.07, 6.45) is 8.42. The largest absolute Gasteiger partial charge is 0.487 e. The summed E-state index contributed by atoms with van der Waals surface area (Å²) in [5.41, 5.74) is 4.51. The van der Waals surface area contributed by atoms with E-state index in [1.54, 1.807) is 74.4 Å². The van der Waals surface area contributed by atoms with Crippen LogP contribution in [0.3, 0.4) is 0 Å². The number of urea groups is 1. The third kappa shape index (κ3) is 7.67. The van der Waals surface area contributed by atoms with Gasteiger partial charge in [-0.3, -0.25) is 14.6 Å². The number of ether oxygens (including phenoxy) is 1. The van der Waals surface area contributed by atoms with Crippen LogP contribution in [0.1, 0.15) is 21.6 Å². The predicted octanol–water partition coefficient (Wildman–Crippen LogP) is 7.05. The van der Waals surface area contributed by atoms with Gasteiger partial charge in [-0.1, -0.05) is 41.4 Å². The van der Waals surface area contributed by atoms with Crippen LogP contribution in [0.25, 0.3) is 16.6 Å². The third-order valence-corrected chi connectivity index (χ3v) is 8.46. The van der Waals surface area contributed by atoms with E-state index in [2.05, 4.69) is 25.9 Å². The van der Waals surface area contributed by atoms with E-state index < -0.39 is 11.9 Å². The van der Waals surface area contributed by atoms with E-state index in [9.17, 15) is 14.4 Å². The highest BCUT2D eigenvalue weighted by Crippen LogP contribution is 2.36. The van der Waals surface area contributed by atoms with Crippen LogP contribution in [0, 0.1) is 6.92 Å². The van der Waals surface area contributed by atoms with E-state index in [1.807, 2.05) is 42.0 Å². The minimum atomic E-state index is -0.634. The van der Waals surface area contributed by atoms with Crippen LogP contribution in [0.5, 0.6) is 5.75 Å². The van der Waals surface area contributed by atoms with Gasteiger partial charge in [0.05, 0.1) is 29.3 Å². The van der Waals surface area contributed by atoms with Crippen LogP contribution in [0.15, 0.2) is 104 Å². The number of hydrogen-bond acceptors (Lipinski definition) is 7. The van der Waals surface area contributed by atoms with E-state index in [-0.39, 0.29) is 24.1 Å². The molecule has 3 aromatic heterocycles. The number of likely N-dealkylation sites (N-methyl/N-ethyl adjacent to an activating group) is 1. The number of imidazole rings is 1. The van der Waals surface area contributed by atoms with Gasteiger partial charge in [0.25, 0.3) is 5.91 Å². The van der Waals surface area contributed by atoms with Crippen molar-refractivity contribution in [2.45, 2.75) is 13.5 Å². The molecule has 14 heteroatoms. The lowest BCUT2D eigenvalue weighted by atomic mass is 10.1. The highest BCUT2D eigenvalue weighted by Gasteiger charge is 2.20. The first-order valence-electron chi connectivity index (χ1n) is 15.3. The average Bonchev–Trinajstić information content (AvgIpc) is 3.66. The van der Waals surface area contributed by atoms with E-state index in [1.165, 1.54) is 11.0 Å². The van der Waals surface area contributed by atoms with Gasteiger partial charge in [0.15, 0.2) is 0 Å². The first-order chi connectivity index (χ1) is 24.2. The average molecular weight is 710 g/mol. The van der Waals surface area contributed by atoms with Gasteiger partial charge in [-0.2, -0.15) is 0 Å². The van der Waals surface area contributed by atoms with Crippen molar-refractivity contribution in [1.29, 1.82) is 0 Å². The number of anilines is 3. The van der Waals surface area contributed by atoms with Gasteiger partial charge in [0.1, 0.15) is 17.9 Å². The highest BCUT2D eigenvalue weighted by atomic mass is 35.5. The Kier molecular flexibility index (Phi) is 10.2. The molecule has 12 nitrogen and oxygen atoms in total. The van der Waals surface area contributed by atoms with Crippen molar-refractivity contribution in [3.8, 4) is 11.4 Å². The molecule has 252 valence electrons. The molecule has 4 amide bonds. The van der Waals surface area contributed by atoms with Crippen LogP contribution in [-0.2, 0) is 11.4 Å². The molecule has 0 aliphatic heterocycles. The van der Waals surface area contributed by atoms with Crippen molar-refractivity contribution < 1.29 is 19.1 Å². The topological polar surface area (TPSA) is 143 Å². The fourth-order valence-electron chi connectivity index (χ4n) is 5.15. The summed E-state index contributed by atoms with van der Waals surface area (Å²) >= 11 is 13.3. The standard InChI is InChI=1S/C36H30Cl2N8O4/c1-22-17-30(46-16-15-40-21-46)26-7-4-8-31(34(26)42-22)50-20-27-28(37)9-10-29(33(27)38)45(2)32(47)19-41-36(49)44-25-6-3-5-23(18-25)35(48)43-24-11-13-39-14-12-24/h3-18,21H,19-20H2,1-2H3,(H,39,43,48)(H2,41,44,49). The van der Waals surface area contributed by atoms with Crippen molar-refractivity contribution in [3.05, 3.63) is 131 Å². The number of pyridine rings is 2. The summed E-state index contributed by atoms with van der Waals surface area (Å²) in [5.74, 6) is -0.266. The normalized spacial score (nSPS) is 10.8. The maximum absolute atomic E-state index is 13.1. The molecule has 50 heavy (non-hydrogen) atoms. The Labute approximate surface area is 297 Å². The Morgan fingerprint density at radius 1 is 0.900 bits per heavy atom. The molecule has 0 spiro atoms. The molecule has 3 heterocycles. The fraction of sp³-hybridized carbons (Fsp3) is 0.111.